The predicted octanol–water partition coefficient (Wildman–Crippen LogP) is 4.47. The van der Waals surface area contributed by atoms with Crippen LogP contribution in [-0.2, 0) is 4.79 Å². The van der Waals surface area contributed by atoms with Crippen LogP contribution in [0.25, 0.3) is 21.5 Å². The minimum Gasteiger partial charge on any atom is -0.481 e. The Kier molecular flexibility index (Phi) is 4.14. The van der Waals surface area contributed by atoms with Crippen molar-refractivity contribution in [2.24, 2.45) is 0 Å². The largest absolute Gasteiger partial charge is 0.481 e. The van der Waals surface area contributed by atoms with Crippen LogP contribution in [0, 0.1) is 0 Å². The number of fused-ring (bicyclic) bond motifs is 3. The number of hydrogen-bond donors (Lipinski definition) is 1. The van der Waals surface area contributed by atoms with Crippen LogP contribution in [0.5, 0.6) is 0 Å². The third-order valence-electron chi connectivity index (χ3n) is 2.96. The van der Waals surface area contributed by atoms with Crippen LogP contribution in [0.1, 0.15) is 13.3 Å². The SMILES string of the molecule is CCC(=O)O.c1ccc2c(c1)ccc1ccccc12. The molecule has 0 bridgehead atoms. The van der Waals surface area contributed by atoms with E-state index < -0.39 is 5.97 Å². The predicted molar refractivity (Wildman–Crippen MR) is 79.4 cm³/mol. The van der Waals surface area contributed by atoms with E-state index in [4.69, 9.17) is 5.11 Å². The van der Waals surface area contributed by atoms with Crippen LogP contribution < -0.4 is 0 Å². The van der Waals surface area contributed by atoms with Crippen molar-refractivity contribution in [3.63, 3.8) is 0 Å². The summed E-state index contributed by atoms with van der Waals surface area (Å²) in [6.07, 6.45) is 0.222. The Labute approximate surface area is 112 Å². The van der Waals surface area contributed by atoms with Gasteiger partial charge in [-0.3, -0.25) is 4.79 Å². The van der Waals surface area contributed by atoms with Crippen molar-refractivity contribution in [1.82, 2.24) is 0 Å². The highest BCUT2D eigenvalue weighted by atomic mass is 16.4. The van der Waals surface area contributed by atoms with Gasteiger partial charge in [-0.25, -0.2) is 0 Å². The summed E-state index contributed by atoms with van der Waals surface area (Å²) in [4.78, 5) is 9.37. The van der Waals surface area contributed by atoms with Gasteiger partial charge in [0.05, 0.1) is 0 Å². The van der Waals surface area contributed by atoms with Gasteiger partial charge in [-0.15, -0.1) is 0 Å². The lowest BCUT2D eigenvalue weighted by Gasteiger charge is -2.02. The van der Waals surface area contributed by atoms with E-state index in [-0.39, 0.29) is 6.42 Å². The van der Waals surface area contributed by atoms with Crippen molar-refractivity contribution >= 4 is 27.5 Å². The molecule has 0 saturated carbocycles. The first-order valence-corrected chi connectivity index (χ1v) is 6.30. The zero-order valence-corrected chi connectivity index (χ0v) is 10.8. The Morgan fingerprint density at radius 1 is 0.842 bits per heavy atom. The van der Waals surface area contributed by atoms with E-state index in [1.807, 2.05) is 0 Å². The minimum absolute atomic E-state index is 0.222. The van der Waals surface area contributed by atoms with Crippen LogP contribution in [0.15, 0.2) is 60.7 Å². The van der Waals surface area contributed by atoms with Crippen molar-refractivity contribution in [2.45, 2.75) is 13.3 Å². The fourth-order valence-corrected chi connectivity index (χ4v) is 1.95. The Morgan fingerprint density at radius 2 is 1.21 bits per heavy atom. The highest BCUT2D eigenvalue weighted by Crippen LogP contribution is 2.24. The van der Waals surface area contributed by atoms with E-state index >= 15 is 0 Å². The summed E-state index contributed by atoms with van der Waals surface area (Å²) >= 11 is 0. The average Bonchev–Trinajstić information content (AvgIpc) is 2.48. The zero-order chi connectivity index (χ0) is 13.7. The molecule has 0 aromatic heterocycles. The Bertz CT molecular complexity index is 647. The molecule has 96 valence electrons. The van der Waals surface area contributed by atoms with Crippen molar-refractivity contribution < 1.29 is 9.90 Å². The standard InChI is InChI=1S/C14H10.C3H6O2/c1-3-7-13-11(5-1)9-10-12-6-2-4-8-14(12)13;1-2-3(4)5/h1-10H;2H2,1H3,(H,4,5). The molecule has 0 amide bonds. The summed E-state index contributed by atoms with van der Waals surface area (Å²) in [5, 5.41) is 13.0. The zero-order valence-electron chi connectivity index (χ0n) is 10.8. The molecule has 0 radical (unpaired) electrons. The van der Waals surface area contributed by atoms with Crippen molar-refractivity contribution in [3.05, 3.63) is 60.7 Å². The molecule has 0 aliphatic rings. The third-order valence-corrected chi connectivity index (χ3v) is 2.96. The molecule has 2 heteroatoms. The van der Waals surface area contributed by atoms with Gasteiger partial charge in [0.1, 0.15) is 0 Å². The smallest absolute Gasteiger partial charge is 0.303 e. The van der Waals surface area contributed by atoms with Gasteiger partial charge in [0.25, 0.3) is 0 Å². The van der Waals surface area contributed by atoms with Crippen LogP contribution in [0.3, 0.4) is 0 Å². The second kappa shape index (κ2) is 6.01. The number of hydrogen-bond acceptors (Lipinski definition) is 1. The molecule has 0 fully saturated rings. The van der Waals surface area contributed by atoms with E-state index in [2.05, 4.69) is 60.7 Å². The number of carboxylic acid groups (broad SMARTS) is 1. The number of carbonyl (C=O) groups is 1. The Balaban J connectivity index is 0.000000232. The molecule has 0 unspecified atom stereocenters. The quantitative estimate of drug-likeness (QED) is 0.648. The Morgan fingerprint density at radius 3 is 1.58 bits per heavy atom. The lowest BCUT2D eigenvalue weighted by atomic mass is 10.0. The minimum atomic E-state index is -0.745. The van der Waals surface area contributed by atoms with E-state index in [0.29, 0.717) is 0 Å². The first-order valence-electron chi connectivity index (χ1n) is 6.30. The fourth-order valence-electron chi connectivity index (χ4n) is 1.95. The molecular formula is C17H16O2. The maximum Gasteiger partial charge on any atom is 0.303 e. The second-order valence-electron chi connectivity index (χ2n) is 4.26. The molecule has 2 nitrogen and oxygen atoms in total. The van der Waals surface area contributed by atoms with Gasteiger partial charge in [0.2, 0.25) is 0 Å². The molecule has 3 aromatic rings. The van der Waals surface area contributed by atoms with Crippen molar-refractivity contribution in [3.8, 4) is 0 Å². The van der Waals surface area contributed by atoms with Crippen LogP contribution in [-0.4, -0.2) is 11.1 Å². The first kappa shape index (κ1) is 13.1. The van der Waals surface area contributed by atoms with Gasteiger partial charge in [-0.2, -0.15) is 0 Å². The van der Waals surface area contributed by atoms with E-state index in [1.54, 1.807) is 6.92 Å². The van der Waals surface area contributed by atoms with Gasteiger partial charge in [-0.1, -0.05) is 67.6 Å². The average molecular weight is 252 g/mol. The van der Waals surface area contributed by atoms with Gasteiger partial charge < -0.3 is 5.11 Å². The summed E-state index contributed by atoms with van der Waals surface area (Å²) in [6.45, 7) is 1.60. The molecule has 1 N–H and O–H groups in total. The van der Waals surface area contributed by atoms with Crippen LogP contribution in [0.4, 0.5) is 0 Å². The highest BCUT2D eigenvalue weighted by molar-refractivity contribution is 6.07. The maximum absolute atomic E-state index is 9.37. The molecule has 0 spiro atoms. The third kappa shape index (κ3) is 3.10. The number of carboxylic acids is 1. The van der Waals surface area contributed by atoms with Gasteiger partial charge in [-0.05, 0) is 21.5 Å². The topological polar surface area (TPSA) is 37.3 Å². The van der Waals surface area contributed by atoms with Crippen molar-refractivity contribution in [1.29, 1.82) is 0 Å². The second-order valence-corrected chi connectivity index (χ2v) is 4.26. The lowest BCUT2D eigenvalue weighted by Crippen LogP contribution is -1.86. The van der Waals surface area contributed by atoms with Crippen LogP contribution >= 0.6 is 0 Å². The van der Waals surface area contributed by atoms with Gasteiger partial charge in [0, 0.05) is 6.42 Å². The summed E-state index contributed by atoms with van der Waals surface area (Å²) in [7, 11) is 0. The van der Waals surface area contributed by atoms with Gasteiger partial charge >= 0.3 is 5.97 Å². The number of aliphatic carboxylic acids is 1. The normalized spacial score (nSPS) is 9.95. The molecular weight excluding hydrogens is 236 g/mol. The Hall–Kier alpha value is -2.35. The molecule has 0 atom stereocenters. The maximum atomic E-state index is 9.37. The number of rotatable bonds is 1. The molecule has 0 aliphatic carbocycles. The molecule has 19 heavy (non-hydrogen) atoms. The van der Waals surface area contributed by atoms with Crippen molar-refractivity contribution in [2.75, 3.05) is 0 Å². The fraction of sp³-hybridized carbons (Fsp3) is 0.118. The summed E-state index contributed by atoms with van der Waals surface area (Å²) in [5.74, 6) is -0.745. The lowest BCUT2D eigenvalue weighted by molar-refractivity contribution is -0.136. The molecule has 3 rings (SSSR count). The molecule has 0 saturated heterocycles. The van der Waals surface area contributed by atoms with Gasteiger partial charge in [0.15, 0.2) is 0 Å². The first-order chi connectivity index (χ1) is 9.22. The van der Waals surface area contributed by atoms with E-state index in [9.17, 15) is 4.79 Å². The van der Waals surface area contributed by atoms with E-state index in [0.717, 1.165) is 0 Å². The van der Waals surface area contributed by atoms with Crippen LogP contribution in [0.2, 0.25) is 0 Å². The van der Waals surface area contributed by atoms with E-state index in [1.165, 1.54) is 21.5 Å². The molecule has 3 aromatic carbocycles. The molecule has 0 heterocycles. The number of benzene rings is 3. The summed E-state index contributed by atoms with van der Waals surface area (Å²) < 4.78 is 0. The summed E-state index contributed by atoms with van der Waals surface area (Å²) in [6, 6.07) is 21.4. The monoisotopic (exact) mass is 252 g/mol. The molecule has 0 aliphatic heterocycles. The highest BCUT2D eigenvalue weighted by Gasteiger charge is 1.97. The summed E-state index contributed by atoms with van der Waals surface area (Å²) in [5.41, 5.74) is 0.